The Bertz CT molecular complexity index is 1790. The van der Waals surface area contributed by atoms with Crippen molar-refractivity contribution in [1.82, 2.24) is 0 Å². The number of hydrogen-bond acceptors (Lipinski definition) is 2. The number of nitrogens with zero attached hydrogens (tertiary/aromatic N) is 2. The highest BCUT2D eigenvalue weighted by Gasteiger charge is 2.17. The van der Waals surface area contributed by atoms with E-state index in [-0.39, 0.29) is 11.1 Å². The Hall–Kier alpha value is -4.73. The van der Waals surface area contributed by atoms with E-state index < -0.39 is 5.82 Å². The summed E-state index contributed by atoms with van der Waals surface area (Å²) in [4.78, 5) is 0. The fourth-order valence-corrected chi connectivity index (χ4v) is 4.88. The molecule has 0 aliphatic rings. The first-order valence-electron chi connectivity index (χ1n) is 10.6. The second-order valence-electron chi connectivity index (χ2n) is 8.12. The maximum Gasteiger partial charge on any atom is 0.141 e. The molecule has 2 nitrogen and oxygen atoms in total. The third-order valence-corrected chi connectivity index (χ3v) is 6.39. The zero-order valence-corrected chi connectivity index (χ0v) is 17.4. The second-order valence-corrected chi connectivity index (χ2v) is 8.12. The van der Waals surface area contributed by atoms with E-state index in [0.717, 1.165) is 49.0 Å². The molecule has 0 N–H and O–H groups in total. The Labute approximate surface area is 189 Å². The van der Waals surface area contributed by atoms with Crippen LogP contribution in [0.25, 0.3) is 54.6 Å². The molecule has 0 aliphatic heterocycles. The van der Waals surface area contributed by atoms with Gasteiger partial charge in [0.15, 0.2) is 0 Å². The molecule has 0 spiro atoms. The molecule has 0 bridgehead atoms. The van der Waals surface area contributed by atoms with Crippen LogP contribution in [0, 0.1) is 28.5 Å². The highest BCUT2D eigenvalue weighted by Crippen LogP contribution is 2.42. The highest BCUT2D eigenvalue weighted by atomic mass is 19.1. The fourth-order valence-electron chi connectivity index (χ4n) is 4.88. The first-order valence-corrected chi connectivity index (χ1v) is 10.6. The predicted octanol–water partition coefficient (Wildman–Crippen LogP) is 7.80. The molecule has 3 heteroatoms. The van der Waals surface area contributed by atoms with E-state index in [1.165, 1.54) is 12.1 Å². The summed E-state index contributed by atoms with van der Waals surface area (Å²) in [5.74, 6) is -0.622. The smallest absolute Gasteiger partial charge is 0.141 e. The van der Waals surface area contributed by atoms with Crippen molar-refractivity contribution in [2.45, 2.75) is 0 Å². The number of nitriles is 2. The molecule has 0 saturated carbocycles. The van der Waals surface area contributed by atoms with E-state index in [2.05, 4.69) is 48.5 Å². The van der Waals surface area contributed by atoms with Crippen molar-refractivity contribution in [2.24, 2.45) is 0 Å². The van der Waals surface area contributed by atoms with Crippen LogP contribution in [0.3, 0.4) is 0 Å². The van der Waals surface area contributed by atoms with E-state index >= 15 is 0 Å². The van der Waals surface area contributed by atoms with E-state index in [1.54, 1.807) is 0 Å². The zero-order chi connectivity index (χ0) is 22.5. The van der Waals surface area contributed by atoms with Gasteiger partial charge in [-0.05, 0) is 61.1 Å². The number of rotatable bonds is 2. The van der Waals surface area contributed by atoms with Crippen LogP contribution in [0.2, 0.25) is 0 Å². The minimum atomic E-state index is -0.622. The van der Waals surface area contributed by atoms with Crippen molar-refractivity contribution in [3.05, 3.63) is 108 Å². The molecular weight excluding hydrogens is 407 g/mol. The first kappa shape index (κ1) is 19.0. The van der Waals surface area contributed by atoms with Crippen LogP contribution in [-0.4, -0.2) is 0 Å². The minimum Gasteiger partial charge on any atom is -0.206 e. The topological polar surface area (TPSA) is 47.6 Å². The molecule has 33 heavy (non-hydrogen) atoms. The lowest BCUT2D eigenvalue weighted by atomic mass is 9.86. The average Bonchev–Trinajstić information content (AvgIpc) is 2.87. The maximum absolute atomic E-state index is 14.6. The molecule has 0 atom stereocenters. The summed E-state index contributed by atoms with van der Waals surface area (Å²) in [7, 11) is 0. The minimum absolute atomic E-state index is 0.125. The molecule has 0 radical (unpaired) electrons. The standard InChI is InChI=1S/C30H15FN2/c31-28-15-27(21(16-32)14-22(28)17-33)24-11-7-20-8-12-25-23(18-4-2-1-3-5-18)10-6-19-9-13-26(24)30(20)29(19)25/h1-15H. The summed E-state index contributed by atoms with van der Waals surface area (Å²) in [6.07, 6.45) is 0. The van der Waals surface area contributed by atoms with Crippen LogP contribution in [0.1, 0.15) is 11.1 Å². The average molecular weight is 422 g/mol. The Morgan fingerprint density at radius 1 is 0.545 bits per heavy atom. The van der Waals surface area contributed by atoms with Crippen LogP contribution in [0.4, 0.5) is 4.39 Å². The quantitative estimate of drug-likeness (QED) is 0.267. The second kappa shape index (κ2) is 7.16. The molecule has 0 unspecified atom stereocenters. The fraction of sp³-hybridized carbons (Fsp3) is 0. The van der Waals surface area contributed by atoms with Gasteiger partial charge < -0.3 is 0 Å². The van der Waals surface area contributed by atoms with Gasteiger partial charge in [-0.3, -0.25) is 0 Å². The summed E-state index contributed by atoms with van der Waals surface area (Å²) < 4.78 is 14.6. The van der Waals surface area contributed by atoms with Gasteiger partial charge in [0.1, 0.15) is 11.9 Å². The molecule has 152 valence electrons. The van der Waals surface area contributed by atoms with Gasteiger partial charge in [0.2, 0.25) is 0 Å². The van der Waals surface area contributed by atoms with Crippen molar-refractivity contribution in [2.75, 3.05) is 0 Å². The largest absolute Gasteiger partial charge is 0.206 e. The summed E-state index contributed by atoms with van der Waals surface area (Å²) in [6.45, 7) is 0. The lowest BCUT2D eigenvalue weighted by molar-refractivity contribution is 0.624. The van der Waals surface area contributed by atoms with Crippen LogP contribution >= 0.6 is 0 Å². The van der Waals surface area contributed by atoms with Crippen LogP contribution in [0.5, 0.6) is 0 Å². The maximum atomic E-state index is 14.6. The highest BCUT2D eigenvalue weighted by molar-refractivity contribution is 6.27. The third kappa shape index (κ3) is 2.77. The van der Waals surface area contributed by atoms with Gasteiger partial charge in [0.05, 0.1) is 17.2 Å². The normalized spacial score (nSPS) is 11.1. The lowest BCUT2D eigenvalue weighted by Crippen LogP contribution is -1.94. The van der Waals surface area contributed by atoms with Crippen molar-refractivity contribution in [3.63, 3.8) is 0 Å². The summed E-state index contributed by atoms with van der Waals surface area (Å²) >= 11 is 0. The Balaban J connectivity index is 1.73. The Morgan fingerprint density at radius 2 is 1.12 bits per heavy atom. The van der Waals surface area contributed by atoms with Crippen LogP contribution < -0.4 is 0 Å². The molecule has 0 saturated heterocycles. The SMILES string of the molecule is N#Cc1cc(C#N)c(-c2ccc3ccc4c(-c5ccccc5)ccc5ccc2c3c54)cc1F. The molecule has 6 rings (SSSR count). The monoisotopic (exact) mass is 422 g/mol. The molecule has 0 aliphatic carbocycles. The molecular formula is C30H15FN2. The number of halogens is 1. The van der Waals surface area contributed by atoms with Gasteiger partial charge in [-0.1, -0.05) is 78.9 Å². The van der Waals surface area contributed by atoms with Gasteiger partial charge in [0.25, 0.3) is 0 Å². The molecule has 6 aromatic rings. The van der Waals surface area contributed by atoms with Gasteiger partial charge in [-0.2, -0.15) is 10.5 Å². The third-order valence-electron chi connectivity index (χ3n) is 6.39. The van der Waals surface area contributed by atoms with Crippen LogP contribution in [0.15, 0.2) is 91.0 Å². The lowest BCUT2D eigenvalue weighted by Gasteiger charge is -2.17. The Morgan fingerprint density at radius 3 is 1.76 bits per heavy atom. The van der Waals surface area contributed by atoms with Crippen molar-refractivity contribution >= 4 is 32.3 Å². The number of benzene rings is 6. The molecule has 0 heterocycles. The molecule has 6 aromatic carbocycles. The molecule has 0 aromatic heterocycles. The molecule has 0 amide bonds. The summed E-state index contributed by atoms with van der Waals surface area (Å²) in [5.41, 5.74) is 3.74. The van der Waals surface area contributed by atoms with Gasteiger partial charge >= 0.3 is 0 Å². The van der Waals surface area contributed by atoms with Crippen LogP contribution in [-0.2, 0) is 0 Å². The van der Waals surface area contributed by atoms with Gasteiger partial charge in [0, 0.05) is 5.56 Å². The first-order chi connectivity index (χ1) is 16.2. The Kier molecular flexibility index (Phi) is 4.12. The zero-order valence-electron chi connectivity index (χ0n) is 17.4. The summed E-state index contributed by atoms with van der Waals surface area (Å²) in [5, 5.41) is 25.5. The predicted molar refractivity (Wildman–Crippen MR) is 130 cm³/mol. The van der Waals surface area contributed by atoms with Gasteiger partial charge in [-0.25, -0.2) is 4.39 Å². The summed E-state index contributed by atoms with van der Waals surface area (Å²) in [6, 6.07) is 33.5. The van der Waals surface area contributed by atoms with E-state index in [1.807, 2.05) is 42.5 Å². The van der Waals surface area contributed by atoms with E-state index in [0.29, 0.717) is 5.56 Å². The van der Waals surface area contributed by atoms with E-state index in [4.69, 9.17) is 0 Å². The molecule has 0 fully saturated rings. The van der Waals surface area contributed by atoms with E-state index in [9.17, 15) is 14.9 Å². The number of hydrogen-bond donors (Lipinski definition) is 0. The van der Waals surface area contributed by atoms with Crippen molar-refractivity contribution < 1.29 is 4.39 Å². The van der Waals surface area contributed by atoms with Gasteiger partial charge in [-0.15, -0.1) is 0 Å². The van der Waals surface area contributed by atoms with Crippen molar-refractivity contribution in [3.8, 4) is 34.4 Å². The van der Waals surface area contributed by atoms with Crippen molar-refractivity contribution in [1.29, 1.82) is 10.5 Å².